The van der Waals surface area contributed by atoms with Crippen molar-refractivity contribution in [1.29, 1.82) is 0 Å². The van der Waals surface area contributed by atoms with Crippen molar-refractivity contribution in [3.8, 4) is 0 Å². The molecule has 2 aromatic rings. The van der Waals surface area contributed by atoms with Crippen molar-refractivity contribution in [2.75, 3.05) is 0 Å². The first-order valence-corrected chi connectivity index (χ1v) is 5.38. The highest BCUT2D eigenvalue weighted by atomic mass is 15.3. The monoisotopic (exact) mass is 219 g/mol. The highest BCUT2D eigenvalue weighted by molar-refractivity contribution is 5.14. The van der Waals surface area contributed by atoms with Crippen molar-refractivity contribution >= 4 is 0 Å². The van der Waals surface area contributed by atoms with E-state index in [0.29, 0.717) is 0 Å². The van der Waals surface area contributed by atoms with E-state index in [2.05, 4.69) is 27.5 Å². The summed E-state index contributed by atoms with van der Waals surface area (Å²) in [6.45, 7) is 4.97. The molecule has 1 unspecified atom stereocenters. The summed E-state index contributed by atoms with van der Waals surface area (Å²) in [5.41, 5.74) is 3.50. The predicted octanol–water partition coefficient (Wildman–Crippen LogP) is 1.30. The van der Waals surface area contributed by atoms with Crippen LogP contribution in [0.1, 0.15) is 29.9 Å². The SMILES string of the molecule is Cc1[nH]ncc1CNC(C)c1ccnn1C. The average Bonchev–Trinajstić information content (AvgIpc) is 2.84. The summed E-state index contributed by atoms with van der Waals surface area (Å²) < 4.78 is 1.89. The molecule has 0 spiro atoms. The molecule has 5 heteroatoms. The lowest BCUT2D eigenvalue weighted by Crippen LogP contribution is -2.20. The second kappa shape index (κ2) is 4.49. The molecule has 1 atom stereocenters. The van der Waals surface area contributed by atoms with E-state index < -0.39 is 0 Å². The van der Waals surface area contributed by atoms with Crippen LogP contribution in [-0.4, -0.2) is 20.0 Å². The summed E-state index contributed by atoms with van der Waals surface area (Å²) in [5.74, 6) is 0. The lowest BCUT2D eigenvalue weighted by Gasteiger charge is -2.13. The predicted molar refractivity (Wildman–Crippen MR) is 61.8 cm³/mol. The molecule has 5 nitrogen and oxygen atoms in total. The molecule has 2 rings (SSSR count). The molecule has 0 aliphatic carbocycles. The number of rotatable bonds is 4. The standard InChI is InChI=1S/C11H17N5/c1-8-10(7-13-15-8)6-12-9(2)11-4-5-14-16(11)3/h4-5,7,9,12H,6H2,1-3H3,(H,13,15). The van der Waals surface area contributed by atoms with Gasteiger partial charge in [0.1, 0.15) is 0 Å². The maximum atomic E-state index is 4.16. The minimum Gasteiger partial charge on any atom is -0.305 e. The smallest absolute Gasteiger partial charge is 0.0547 e. The van der Waals surface area contributed by atoms with Gasteiger partial charge in [-0.1, -0.05) is 0 Å². The van der Waals surface area contributed by atoms with Crippen LogP contribution in [-0.2, 0) is 13.6 Å². The lowest BCUT2D eigenvalue weighted by molar-refractivity contribution is 0.529. The molecule has 2 heterocycles. The Morgan fingerprint density at radius 1 is 1.56 bits per heavy atom. The van der Waals surface area contributed by atoms with Crippen LogP contribution in [0, 0.1) is 6.92 Å². The van der Waals surface area contributed by atoms with E-state index in [1.165, 1.54) is 11.3 Å². The molecular formula is C11H17N5. The Hall–Kier alpha value is -1.62. The lowest BCUT2D eigenvalue weighted by atomic mass is 10.2. The third-order valence-electron chi connectivity index (χ3n) is 2.84. The van der Waals surface area contributed by atoms with E-state index in [4.69, 9.17) is 0 Å². The van der Waals surface area contributed by atoms with Gasteiger partial charge in [0.15, 0.2) is 0 Å². The van der Waals surface area contributed by atoms with Crippen LogP contribution in [0.3, 0.4) is 0 Å². The average molecular weight is 219 g/mol. The maximum Gasteiger partial charge on any atom is 0.0547 e. The van der Waals surface area contributed by atoms with E-state index in [-0.39, 0.29) is 6.04 Å². The number of hydrogen-bond donors (Lipinski definition) is 2. The molecule has 86 valence electrons. The van der Waals surface area contributed by atoms with E-state index in [1.807, 2.05) is 37.1 Å². The Kier molecular flexibility index (Phi) is 3.05. The number of H-pyrrole nitrogens is 1. The van der Waals surface area contributed by atoms with Gasteiger partial charge < -0.3 is 5.32 Å². The van der Waals surface area contributed by atoms with Crippen LogP contribution < -0.4 is 5.32 Å². The maximum absolute atomic E-state index is 4.16. The Balaban J connectivity index is 1.97. The Morgan fingerprint density at radius 2 is 2.38 bits per heavy atom. The fourth-order valence-corrected chi connectivity index (χ4v) is 1.73. The minimum atomic E-state index is 0.279. The molecule has 0 amide bonds. The van der Waals surface area contributed by atoms with E-state index >= 15 is 0 Å². The van der Waals surface area contributed by atoms with Gasteiger partial charge in [-0.15, -0.1) is 0 Å². The summed E-state index contributed by atoms with van der Waals surface area (Å²) in [5, 5.41) is 14.5. The summed E-state index contributed by atoms with van der Waals surface area (Å²) in [6.07, 6.45) is 3.68. The number of nitrogens with one attached hydrogen (secondary N) is 2. The van der Waals surface area contributed by atoms with Gasteiger partial charge in [0.2, 0.25) is 0 Å². The molecule has 0 aliphatic rings. The molecule has 0 saturated carbocycles. The highest BCUT2D eigenvalue weighted by Gasteiger charge is 2.09. The van der Waals surface area contributed by atoms with Crippen LogP contribution in [0.2, 0.25) is 0 Å². The molecule has 0 aliphatic heterocycles. The van der Waals surface area contributed by atoms with Gasteiger partial charge >= 0.3 is 0 Å². The first-order valence-electron chi connectivity index (χ1n) is 5.38. The van der Waals surface area contributed by atoms with Crippen molar-refractivity contribution in [2.24, 2.45) is 7.05 Å². The third-order valence-corrected chi connectivity index (χ3v) is 2.84. The first-order chi connectivity index (χ1) is 7.68. The summed E-state index contributed by atoms with van der Waals surface area (Å²) in [7, 11) is 1.95. The van der Waals surface area contributed by atoms with Crippen LogP contribution >= 0.6 is 0 Å². The Labute approximate surface area is 94.9 Å². The molecule has 16 heavy (non-hydrogen) atoms. The van der Waals surface area contributed by atoms with Crippen molar-refractivity contribution in [3.05, 3.63) is 35.4 Å². The van der Waals surface area contributed by atoms with E-state index in [9.17, 15) is 0 Å². The van der Waals surface area contributed by atoms with Crippen molar-refractivity contribution in [3.63, 3.8) is 0 Å². The molecular weight excluding hydrogens is 202 g/mol. The first kappa shape index (κ1) is 10.9. The van der Waals surface area contributed by atoms with Crippen molar-refractivity contribution < 1.29 is 0 Å². The van der Waals surface area contributed by atoms with E-state index in [0.717, 1.165) is 12.2 Å². The summed E-state index contributed by atoms with van der Waals surface area (Å²) >= 11 is 0. The Bertz CT molecular complexity index is 456. The zero-order valence-electron chi connectivity index (χ0n) is 9.86. The highest BCUT2D eigenvalue weighted by Crippen LogP contribution is 2.11. The van der Waals surface area contributed by atoms with Crippen molar-refractivity contribution in [2.45, 2.75) is 26.4 Å². The quantitative estimate of drug-likeness (QED) is 0.815. The minimum absolute atomic E-state index is 0.279. The molecule has 0 aromatic carbocycles. The number of nitrogens with zero attached hydrogens (tertiary/aromatic N) is 3. The molecule has 0 saturated heterocycles. The topological polar surface area (TPSA) is 58.5 Å². The fourth-order valence-electron chi connectivity index (χ4n) is 1.73. The fraction of sp³-hybridized carbons (Fsp3) is 0.455. The van der Waals surface area contributed by atoms with Gasteiger partial charge in [0.25, 0.3) is 0 Å². The number of aromatic nitrogens is 4. The zero-order valence-corrected chi connectivity index (χ0v) is 9.86. The summed E-state index contributed by atoms with van der Waals surface area (Å²) in [4.78, 5) is 0. The van der Waals surface area contributed by atoms with Crippen molar-refractivity contribution in [1.82, 2.24) is 25.3 Å². The van der Waals surface area contributed by atoms with Crippen LogP contribution in [0.5, 0.6) is 0 Å². The number of aryl methyl sites for hydroxylation is 2. The molecule has 0 radical (unpaired) electrons. The zero-order chi connectivity index (χ0) is 11.5. The molecule has 0 bridgehead atoms. The van der Waals surface area contributed by atoms with Gasteiger partial charge in [-0.05, 0) is 19.9 Å². The Morgan fingerprint density at radius 3 is 2.94 bits per heavy atom. The largest absolute Gasteiger partial charge is 0.305 e. The second-order valence-electron chi connectivity index (χ2n) is 4.00. The molecule has 0 fully saturated rings. The molecule has 2 aromatic heterocycles. The van der Waals surface area contributed by atoms with Gasteiger partial charge in [0, 0.05) is 37.1 Å². The van der Waals surface area contributed by atoms with E-state index in [1.54, 1.807) is 0 Å². The molecule has 2 N–H and O–H groups in total. The van der Waals surface area contributed by atoms with Crippen LogP contribution in [0.15, 0.2) is 18.5 Å². The van der Waals surface area contributed by atoms with Gasteiger partial charge in [-0.3, -0.25) is 9.78 Å². The van der Waals surface area contributed by atoms with Gasteiger partial charge in [-0.25, -0.2) is 0 Å². The van der Waals surface area contributed by atoms with Gasteiger partial charge in [-0.2, -0.15) is 10.2 Å². The number of aromatic amines is 1. The van der Waals surface area contributed by atoms with Gasteiger partial charge in [0.05, 0.1) is 11.9 Å². The van der Waals surface area contributed by atoms with Crippen LogP contribution in [0.25, 0.3) is 0 Å². The third kappa shape index (κ3) is 2.14. The second-order valence-corrected chi connectivity index (χ2v) is 4.00. The number of hydrogen-bond acceptors (Lipinski definition) is 3. The normalized spacial score (nSPS) is 12.9. The van der Waals surface area contributed by atoms with Crippen LogP contribution in [0.4, 0.5) is 0 Å². The summed E-state index contributed by atoms with van der Waals surface area (Å²) in [6, 6.07) is 2.31.